The highest BCUT2D eigenvalue weighted by atomic mass is 19.1. The Morgan fingerprint density at radius 3 is 2.47 bits per heavy atom. The Kier molecular flexibility index (Phi) is 6.63. The van der Waals surface area contributed by atoms with Gasteiger partial charge in [-0.3, -0.25) is 20.4 Å². The first-order valence-corrected chi connectivity index (χ1v) is 8.91. The lowest BCUT2D eigenvalue weighted by Crippen LogP contribution is -2.47. The number of hydrogen-bond donors (Lipinski definition) is 2. The summed E-state index contributed by atoms with van der Waals surface area (Å²) in [6.45, 7) is 1.44. The largest absolute Gasteiger partial charge is 0.486 e. The Morgan fingerprint density at radius 1 is 1.00 bits per heavy atom. The van der Waals surface area contributed by atoms with Crippen molar-refractivity contribution in [3.63, 3.8) is 0 Å². The van der Waals surface area contributed by atoms with Crippen LogP contribution in [0.4, 0.5) is 8.78 Å². The van der Waals surface area contributed by atoms with Crippen LogP contribution in [0.15, 0.2) is 65.1 Å². The van der Waals surface area contributed by atoms with Crippen LogP contribution >= 0.6 is 0 Å². The third kappa shape index (κ3) is 5.57. The van der Waals surface area contributed by atoms with Gasteiger partial charge in [-0.15, -0.1) is 0 Å². The van der Waals surface area contributed by atoms with E-state index in [4.69, 9.17) is 13.9 Å². The van der Waals surface area contributed by atoms with Crippen molar-refractivity contribution in [1.29, 1.82) is 0 Å². The van der Waals surface area contributed by atoms with Crippen LogP contribution in [-0.2, 0) is 11.4 Å². The predicted molar refractivity (Wildman–Crippen MR) is 102 cm³/mol. The van der Waals surface area contributed by atoms with Crippen molar-refractivity contribution in [3.05, 3.63) is 83.8 Å². The fraction of sp³-hybridized carbons (Fsp3) is 0.143. The Balaban J connectivity index is 1.47. The second kappa shape index (κ2) is 9.55. The van der Waals surface area contributed by atoms with E-state index in [0.29, 0.717) is 11.5 Å². The van der Waals surface area contributed by atoms with Gasteiger partial charge in [0.05, 0.1) is 0 Å². The molecular weight excluding hydrogens is 398 g/mol. The molecule has 0 spiro atoms. The number of halogens is 2. The molecule has 156 valence electrons. The van der Waals surface area contributed by atoms with Gasteiger partial charge in [-0.05, 0) is 55.5 Å². The van der Waals surface area contributed by atoms with Gasteiger partial charge in [-0.2, -0.15) is 0 Å². The molecule has 3 aromatic rings. The summed E-state index contributed by atoms with van der Waals surface area (Å²) in [6, 6.07) is 14.0. The van der Waals surface area contributed by atoms with Crippen molar-refractivity contribution in [2.24, 2.45) is 0 Å². The van der Waals surface area contributed by atoms with E-state index in [2.05, 4.69) is 10.9 Å². The maximum atomic E-state index is 13.6. The van der Waals surface area contributed by atoms with Gasteiger partial charge in [0.15, 0.2) is 23.4 Å². The Hall–Kier alpha value is -3.88. The molecule has 2 N–H and O–H groups in total. The van der Waals surface area contributed by atoms with Gasteiger partial charge in [0.2, 0.25) is 0 Å². The number of para-hydroxylation sites is 1. The number of hydrogen-bond acceptors (Lipinski definition) is 5. The maximum absolute atomic E-state index is 13.6. The van der Waals surface area contributed by atoms with Crippen molar-refractivity contribution in [2.45, 2.75) is 19.6 Å². The molecule has 0 fully saturated rings. The summed E-state index contributed by atoms with van der Waals surface area (Å²) in [7, 11) is 0. The third-order valence-electron chi connectivity index (χ3n) is 3.89. The van der Waals surface area contributed by atoms with E-state index in [1.165, 1.54) is 61.5 Å². The topological polar surface area (TPSA) is 89.8 Å². The molecule has 0 saturated carbocycles. The highest BCUT2D eigenvalue weighted by molar-refractivity contribution is 5.93. The number of hydrazine groups is 1. The molecular formula is C21H18F2N2O5. The molecule has 0 aliphatic rings. The molecule has 1 unspecified atom stereocenters. The summed E-state index contributed by atoms with van der Waals surface area (Å²) in [5, 5.41) is 0. The lowest BCUT2D eigenvalue weighted by atomic mass is 10.3. The van der Waals surface area contributed by atoms with Gasteiger partial charge < -0.3 is 13.9 Å². The van der Waals surface area contributed by atoms with Crippen LogP contribution in [0.3, 0.4) is 0 Å². The van der Waals surface area contributed by atoms with Crippen LogP contribution < -0.4 is 20.3 Å². The van der Waals surface area contributed by atoms with Gasteiger partial charge >= 0.3 is 5.91 Å². The molecule has 0 bridgehead atoms. The van der Waals surface area contributed by atoms with Gasteiger partial charge in [-0.1, -0.05) is 12.1 Å². The zero-order valence-electron chi connectivity index (χ0n) is 15.9. The first kappa shape index (κ1) is 20.8. The number of benzene rings is 2. The number of rotatable bonds is 7. The van der Waals surface area contributed by atoms with E-state index in [1.54, 1.807) is 6.07 Å². The van der Waals surface area contributed by atoms with E-state index in [-0.39, 0.29) is 23.9 Å². The zero-order chi connectivity index (χ0) is 21.5. The van der Waals surface area contributed by atoms with Gasteiger partial charge in [0, 0.05) is 0 Å². The molecule has 9 heteroatoms. The Bertz CT molecular complexity index is 1020. The summed E-state index contributed by atoms with van der Waals surface area (Å²) >= 11 is 0. The third-order valence-corrected chi connectivity index (χ3v) is 3.89. The van der Waals surface area contributed by atoms with Crippen molar-refractivity contribution >= 4 is 11.8 Å². The molecule has 1 atom stereocenters. The van der Waals surface area contributed by atoms with Crippen LogP contribution in [-0.4, -0.2) is 17.9 Å². The minimum Gasteiger partial charge on any atom is -0.486 e. The smallest absolute Gasteiger partial charge is 0.305 e. The van der Waals surface area contributed by atoms with E-state index >= 15 is 0 Å². The van der Waals surface area contributed by atoms with Crippen LogP contribution in [0.25, 0.3) is 0 Å². The van der Waals surface area contributed by atoms with Gasteiger partial charge in [0.1, 0.15) is 23.9 Å². The molecule has 2 amide bonds. The van der Waals surface area contributed by atoms with Crippen molar-refractivity contribution in [2.75, 3.05) is 0 Å². The summed E-state index contributed by atoms with van der Waals surface area (Å²) < 4.78 is 42.5. The SMILES string of the molecule is CC(Oc1ccccc1F)C(=O)NNC(=O)c1ccc(COc2ccc(F)cc2)o1. The maximum Gasteiger partial charge on any atom is 0.305 e. The summed E-state index contributed by atoms with van der Waals surface area (Å²) in [5.74, 6) is -1.71. The van der Waals surface area contributed by atoms with Gasteiger partial charge in [0.25, 0.3) is 5.91 Å². The van der Waals surface area contributed by atoms with E-state index in [0.717, 1.165) is 0 Å². The Morgan fingerprint density at radius 2 is 1.73 bits per heavy atom. The van der Waals surface area contributed by atoms with Crippen LogP contribution in [0.2, 0.25) is 0 Å². The molecule has 30 heavy (non-hydrogen) atoms. The zero-order valence-corrected chi connectivity index (χ0v) is 15.9. The lowest BCUT2D eigenvalue weighted by Gasteiger charge is -2.15. The summed E-state index contributed by atoms with van der Waals surface area (Å²) in [6.07, 6.45) is -1.06. The monoisotopic (exact) mass is 416 g/mol. The second-order valence-electron chi connectivity index (χ2n) is 6.14. The van der Waals surface area contributed by atoms with E-state index in [1.807, 2.05) is 0 Å². The molecule has 3 rings (SSSR count). The standard InChI is InChI=1S/C21H18F2N2O5/c1-13(29-18-5-3-2-4-17(18)23)20(26)24-25-21(27)19-11-10-16(30-19)12-28-15-8-6-14(22)7-9-15/h2-11,13H,12H2,1H3,(H,24,26)(H,25,27). The molecule has 0 aliphatic carbocycles. The van der Waals surface area contributed by atoms with Gasteiger partial charge in [-0.25, -0.2) is 8.78 Å². The highest BCUT2D eigenvalue weighted by Gasteiger charge is 2.18. The first-order chi connectivity index (χ1) is 14.4. The number of amides is 2. The van der Waals surface area contributed by atoms with Crippen molar-refractivity contribution < 1.29 is 32.3 Å². The number of nitrogens with one attached hydrogen (secondary N) is 2. The molecule has 0 saturated heterocycles. The van der Waals surface area contributed by atoms with Crippen molar-refractivity contribution in [1.82, 2.24) is 10.9 Å². The molecule has 7 nitrogen and oxygen atoms in total. The number of carbonyl (C=O) groups excluding carboxylic acids is 2. The fourth-order valence-electron chi connectivity index (χ4n) is 2.33. The van der Waals surface area contributed by atoms with E-state index < -0.39 is 23.7 Å². The predicted octanol–water partition coefficient (Wildman–Crippen LogP) is 3.37. The average molecular weight is 416 g/mol. The molecule has 0 radical (unpaired) electrons. The molecule has 2 aromatic carbocycles. The molecule has 1 heterocycles. The average Bonchev–Trinajstić information content (AvgIpc) is 3.22. The second-order valence-corrected chi connectivity index (χ2v) is 6.14. The number of carbonyl (C=O) groups is 2. The molecule has 0 aliphatic heterocycles. The minimum absolute atomic E-state index is 0.0266. The Labute approximate surface area is 170 Å². The number of furan rings is 1. The normalized spacial score (nSPS) is 11.4. The fourth-order valence-corrected chi connectivity index (χ4v) is 2.33. The minimum atomic E-state index is -1.06. The van der Waals surface area contributed by atoms with Crippen LogP contribution in [0.1, 0.15) is 23.2 Å². The van der Waals surface area contributed by atoms with Crippen LogP contribution in [0, 0.1) is 11.6 Å². The van der Waals surface area contributed by atoms with Crippen LogP contribution in [0.5, 0.6) is 11.5 Å². The molecule has 1 aromatic heterocycles. The van der Waals surface area contributed by atoms with Crippen molar-refractivity contribution in [3.8, 4) is 11.5 Å². The first-order valence-electron chi connectivity index (χ1n) is 8.91. The number of ether oxygens (including phenoxy) is 2. The van der Waals surface area contributed by atoms with E-state index in [9.17, 15) is 18.4 Å². The highest BCUT2D eigenvalue weighted by Crippen LogP contribution is 2.17. The quantitative estimate of drug-likeness (QED) is 0.577. The lowest BCUT2D eigenvalue weighted by molar-refractivity contribution is -0.128. The summed E-state index contributed by atoms with van der Waals surface area (Å²) in [5.41, 5.74) is 4.37. The summed E-state index contributed by atoms with van der Waals surface area (Å²) in [4.78, 5) is 24.1.